The molecule has 3 nitrogen and oxygen atoms in total. The number of aliphatic hydroxyl groups is 1. The molecule has 0 unspecified atom stereocenters. The van der Waals surface area contributed by atoms with Gasteiger partial charge in [0.05, 0.1) is 6.61 Å². The lowest BCUT2D eigenvalue weighted by molar-refractivity contribution is -0.140. The third-order valence-electron chi connectivity index (χ3n) is 3.29. The Kier molecular flexibility index (Phi) is 4.09. The number of imidazole rings is 1. The summed E-state index contributed by atoms with van der Waals surface area (Å²) in [7, 11) is 0. The summed E-state index contributed by atoms with van der Waals surface area (Å²) in [6, 6.07) is 5.00. The highest BCUT2D eigenvalue weighted by Gasteiger charge is 2.35. The predicted molar refractivity (Wildman–Crippen MR) is 73.7 cm³/mol. The highest BCUT2D eigenvalue weighted by atomic mass is 19.4. The lowest BCUT2D eigenvalue weighted by Gasteiger charge is -2.13. The minimum Gasteiger partial charge on any atom is -0.392 e. The normalized spacial score (nSPS) is 12.2. The molecule has 0 atom stereocenters. The van der Waals surface area contributed by atoms with Gasteiger partial charge < -0.3 is 9.67 Å². The molecule has 6 heteroatoms. The summed E-state index contributed by atoms with van der Waals surface area (Å²) in [4.78, 5) is 3.76. The van der Waals surface area contributed by atoms with Crippen molar-refractivity contribution in [3.63, 3.8) is 0 Å². The van der Waals surface area contributed by atoms with E-state index in [1.807, 2.05) is 13.8 Å². The lowest BCUT2D eigenvalue weighted by Crippen LogP contribution is -2.05. The molecule has 0 saturated heterocycles. The molecule has 1 N–H and O–H groups in total. The summed E-state index contributed by atoms with van der Waals surface area (Å²) in [6.07, 6.45) is -3.42. The van der Waals surface area contributed by atoms with E-state index in [1.54, 1.807) is 25.1 Å². The van der Waals surface area contributed by atoms with Gasteiger partial charge in [0.2, 0.25) is 0 Å². The molecule has 1 aromatic carbocycles. The van der Waals surface area contributed by atoms with Crippen molar-refractivity contribution in [3.05, 3.63) is 41.2 Å². The second-order valence-corrected chi connectivity index (χ2v) is 5.26. The fourth-order valence-corrected chi connectivity index (χ4v) is 2.20. The molecule has 0 bridgehead atoms. The molecule has 0 aliphatic carbocycles. The van der Waals surface area contributed by atoms with Crippen molar-refractivity contribution >= 4 is 0 Å². The van der Waals surface area contributed by atoms with Crippen LogP contribution in [0, 0.1) is 6.92 Å². The van der Waals surface area contributed by atoms with Crippen LogP contribution >= 0.6 is 0 Å². The molecule has 0 fully saturated rings. The van der Waals surface area contributed by atoms with Crippen LogP contribution in [0.25, 0.3) is 11.4 Å². The highest BCUT2D eigenvalue weighted by molar-refractivity contribution is 5.62. The smallest absolute Gasteiger partial charge is 0.392 e. The van der Waals surface area contributed by atoms with E-state index < -0.39 is 11.9 Å². The average Bonchev–Trinajstić information content (AvgIpc) is 2.83. The third-order valence-corrected chi connectivity index (χ3v) is 3.29. The first-order chi connectivity index (χ1) is 9.74. The van der Waals surface area contributed by atoms with Gasteiger partial charge in [-0.2, -0.15) is 13.2 Å². The molecule has 1 heterocycles. The van der Waals surface area contributed by atoms with E-state index in [9.17, 15) is 13.2 Å². The zero-order valence-corrected chi connectivity index (χ0v) is 12.1. The molecule has 0 amide bonds. The standard InChI is InChI=1S/C15H17F3N2O/c1-9(2)20-7-13(15(16,17)18)19-14(20)12-5-4-11(8-21)6-10(12)3/h4-7,9,21H,8H2,1-3H3. The molecule has 0 aliphatic heterocycles. The van der Waals surface area contributed by atoms with Gasteiger partial charge in [-0.25, -0.2) is 4.98 Å². The van der Waals surface area contributed by atoms with Crippen molar-refractivity contribution < 1.29 is 18.3 Å². The minimum absolute atomic E-state index is 0.104. The molecule has 2 aromatic rings. The number of nitrogens with zero attached hydrogens (tertiary/aromatic N) is 2. The second-order valence-electron chi connectivity index (χ2n) is 5.26. The van der Waals surface area contributed by atoms with Gasteiger partial charge >= 0.3 is 6.18 Å². The number of aromatic nitrogens is 2. The van der Waals surface area contributed by atoms with Crippen molar-refractivity contribution in [2.75, 3.05) is 0 Å². The van der Waals surface area contributed by atoms with E-state index in [1.165, 1.54) is 4.57 Å². The fourth-order valence-electron chi connectivity index (χ4n) is 2.20. The van der Waals surface area contributed by atoms with Crippen molar-refractivity contribution in [1.29, 1.82) is 0 Å². The van der Waals surface area contributed by atoms with Crippen molar-refractivity contribution in [3.8, 4) is 11.4 Å². The van der Waals surface area contributed by atoms with Crippen molar-refractivity contribution in [2.45, 2.75) is 39.6 Å². The molecule has 0 spiro atoms. The average molecular weight is 298 g/mol. The molecule has 0 radical (unpaired) electrons. The van der Waals surface area contributed by atoms with Gasteiger partial charge in [0.15, 0.2) is 5.69 Å². The monoisotopic (exact) mass is 298 g/mol. The maximum atomic E-state index is 12.9. The topological polar surface area (TPSA) is 38.1 Å². The van der Waals surface area contributed by atoms with E-state index in [4.69, 9.17) is 5.11 Å². The summed E-state index contributed by atoms with van der Waals surface area (Å²) in [5.74, 6) is 0.291. The van der Waals surface area contributed by atoms with Crippen molar-refractivity contribution in [1.82, 2.24) is 9.55 Å². The van der Waals surface area contributed by atoms with E-state index in [-0.39, 0.29) is 12.6 Å². The predicted octanol–water partition coefficient (Wildman–Crippen LogP) is 3.95. The highest BCUT2D eigenvalue weighted by Crippen LogP contribution is 2.33. The number of hydrogen-bond donors (Lipinski definition) is 1. The molecule has 21 heavy (non-hydrogen) atoms. The van der Waals surface area contributed by atoms with Crippen molar-refractivity contribution in [2.24, 2.45) is 0 Å². The van der Waals surface area contributed by atoms with Gasteiger partial charge in [-0.3, -0.25) is 0 Å². The Morgan fingerprint density at radius 3 is 2.43 bits per heavy atom. The Morgan fingerprint density at radius 2 is 1.95 bits per heavy atom. The summed E-state index contributed by atoms with van der Waals surface area (Å²) in [6.45, 7) is 5.31. The largest absolute Gasteiger partial charge is 0.434 e. The second kappa shape index (κ2) is 5.52. The Morgan fingerprint density at radius 1 is 1.29 bits per heavy atom. The van der Waals surface area contributed by atoms with E-state index in [0.717, 1.165) is 17.3 Å². The number of benzene rings is 1. The Labute approximate surface area is 121 Å². The van der Waals surface area contributed by atoms with Crippen LogP contribution in [0.2, 0.25) is 0 Å². The number of aryl methyl sites for hydroxylation is 1. The van der Waals surface area contributed by atoms with Crippen LogP contribution in [0.5, 0.6) is 0 Å². The zero-order chi connectivity index (χ0) is 15.8. The molecule has 0 aliphatic rings. The lowest BCUT2D eigenvalue weighted by atomic mass is 10.0. The first-order valence-corrected chi connectivity index (χ1v) is 6.61. The third kappa shape index (κ3) is 3.10. The SMILES string of the molecule is Cc1cc(CO)ccc1-c1nc(C(F)(F)F)cn1C(C)C. The van der Waals surface area contributed by atoms with Gasteiger partial charge in [-0.05, 0) is 31.9 Å². The van der Waals surface area contributed by atoms with Gasteiger partial charge in [0.1, 0.15) is 5.82 Å². The summed E-state index contributed by atoms with van der Waals surface area (Å²) in [5, 5.41) is 9.11. The number of aliphatic hydroxyl groups excluding tert-OH is 1. The van der Waals surface area contributed by atoms with Crippen LogP contribution in [-0.4, -0.2) is 14.7 Å². The zero-order valence-electron chi connectivity index (χ0n) is 12.1. The Balaban J connectivity index is 2.60. The maximum absolute atomic E-state index is 12.9. The number of hydrogen-bond acceptors (Lipinski definition) is 2. The van der Waals surface area contributed by atoms with Crippen LogP contribution in [-0.2, 0) is 12.8 Å². The summed E-state index contributed by atoms with van der Waals surface area (Å²) in [5.41, 5.74) is 1.24. The Bertz CT molecular complexity index is 645. The van der Waals surface area contributed by atoms with Gasteiger partial charge in [-0.1, -0.05) is 18.2 Å². The molecule has 0 saturated carbocycles. The molecular formula is C15H17F3N2O. The van der Waals surface area contributed by atoms with E-state index in [0.29, 0.717) is 11.4 Å². The quantitative estimate of drug-likeness (QED) is 0.931. The first-order valence-electron chi connectivity index (χ1n) is 6.61. The van der Waals surface area contributed by atoms with E-state index >= 15 is 0 Å². The van der Waals surface area contributed by atoms with Crippen LogP contribution in [0.1, 0.15) is 36.7 Å². The van der Waals surface area contributed by atoms with Crippen LogP contribution in [0.3, 0.4) is 0 Å². The Hall–Kier alpha value is -1.82. The maximum Gasteiger partial charge on any atom is 0.434 e. The van der Waals surface area contributed by atoms with Gasteiger partial charge in [0, 0.05) is 17.8 Å². The molecule has 1 aromatic heterocycles. The fraction of sp³-hybridized carbons (Fsp3) is 0.400. The number of rotatable bonds is 3. The van der Waals surface area contributed by atoms with Gasteiger partial charge in [0.25, 0.3) is 0 Å². The minimum atomic E-state index is -4.46. The molecule has 114 valence electrons. The first kappa shape index (κ1) is 15.6. The number of halogens is 3. The summed E-state index contributed by atoms with van der Waals surface area (Å²) < 4.78 is 40.1. The van der Waals surface area contributed by atoms with Crippen LogP contribution in [0.15, 0.2) is 24.4 Å². The number of alkyl halides is 3. The van der Waals surface area contributed by atoms with Crippen LogP contribution in [0.4, 0.5) is 13.2 Å². The van der Waals surface area contributed by atoms with E-state index in [2.05, 4.69) is 4.98 Å². The van der Waals surface area contributed by atoms with Gasteiger partial charge in [-0.15, -0.1) is 0 Å². The molecule has 2 rings (SSSR count). The molecular weight excluding hydrogens is 281 g/mol. The summed E-state index contributed by atoms with van der Waals surface area (Å²) >= 11 is 0. The van der Waals surface area contributed by atoms with Crippen LogP contribution < -0.4 is 0 Å².